The molecule has 132 valence electrons. The summed E-state index contributed by atoms with van der Waals surface area (Å²) in [5.41, 5.74) is 1.57. The summed E-state index contributed by atoms with van der Waals surface area (Å²) < 4.78 is 1.65. The summed E-state index contributed by atoms with van der Waals surface area (Å²) in [6.45, 7) is 2.09. The van der Waals surface area contributed by atoms with E-state index in [1.165, 1.54) is 12.3 Å². The minimum absolute atomic E-state index is 0.0247. The predicted octanol–water partition coefficient (Wildman–Crippen LogP) is 2.34. The van der Waals surface area contributed by atoms with Gasteiger partial charge in [0.2, 0.25) is 0 Å². The van der Waals surface area contributed by atoms with Crippen LogP contribution >= 0.6 is 0 Å². The highest BCUT2D eigenvalue weighted by Crippen LogP contribution is 2.21. The third-order valence-electron chi connectivity index (χ3n) is 5.00. The van der Waals surface area contributed by atoms with Crippen molar-refractivity contribution in [2.45, 2.75) is 19.4 Å². The van der Waals surface area contributed by atoms with E-state index < -0.39 is 0 Å². The van der Waals surface area contributed by atoms with E-state index in [1.807, 2.05) is 35.2 Å². The Morgan fingerprint density at radius 3 is 2.77 bits per heavy atom. The van der Waals surface area contributed by atoms with Gasteiger partial charge in [-0.3, -0.25) is 19.1 Å². The fourth-order valence-electron chi connectivity index (χ4n) is 3.50. The number of amides is 1. The molecule has 0 N–H and O–H groups in total. The summed E-state index contributed by atoms with van der Waals surface area (Å²) in [4.78, 5) is 34.8. The lowest BCUT2D eigenvalue weighted by atomic mass is 9.96. The maximum Gasteiger partial charge on any atom is 0.253 e. The monoisotopic (exact) mass is 348 g/mol. The van der Waals surface area contributed by atoms with E-state index >= 15 is 0 Å². The van der Waals surface area contributed by atoms with Crippen LogP contribution in [0.1, 0.15) is 23.2 Å². The lowest BCUT2D eigenvalue weighted by molar-refractivity contribution is 0.0682. The first-order valence-corrected chi connectivity index (χ1v) is 8.85. The number of fused-ring (bicyclic) bond motifs is 1. The minimum atomic E-state index is -0.0247. The quantitative estimate of drug-likeness (QED) is 0.729. The van der Waals surface area contributed by atoms with Gasteiger partial charge in [0.15, 0.2) is 0 Å². The van der Waals surface area contributed by atoms with Gasteiger partial charge < -0.3 is 4.90 Å². The van der Waals surface area contributed by atoms with Crippen molar-refractivity contribution in [3.8, 4) is 0 Å². The SMILES string of the molecule is O=C(c1ccc2ncccc2c1)N1CCC(Cn2cnccc2=O)CC1. The van der Waals surface area contributed by atoms with Gasteiger partial charge in [0.1, 0.15) is 0 Å². The second-order valence-corrected chi connectivity index (χ2v) is 6.72. The normalized spacial score (nSPS) is 15.3. The third kappa shape index (κ3) is 3.35. The number of likely N-dealkylation sites (tertiary alicyclic amines) is 1. The van der Waals surface area contributed by atoms with Gasteiger partial charge in [-0.1, -0.05) is 6.07 Å². The van der Waals surface area contributed by atoms with Gasteiger partial charge in [0.05, 0.1) is 11.8 Å². The molecule has 1 aliphatic rings. The van der Waals surface area contributed by atoms with Gasteiger partial charge >= 0.3 is 0 Å². The molecule has 0 aliphatic carbocycles. The van der Waals surface area contributed by atoms with Crippen molar-refractivity contribution in [1.82, 2.24) is 19.4 Å². The highest BCUT2D eigenvalue weighted by Gasteiger charge is 2.24. The zero-order chi connectivity index (χ0) is 17.9. The van der Waals surface area contributed by atoms with Crippen LogP contribution in [-0.4, -0.2) is 38.4 Å². The van der Waals surface area contributed by atoms with Gasteiger partial charge in [0.25, 0.3) is 11.5 Å². The Hall–Kier alpha value is -3.02. The number of nitrogens with zero attached hydrogens (tertiary/aromatic N) is 4. The lowest BCUT2D eigenvalue weighted by Crippen LogP contribution is -2.40. The van der Waals surface area contributed by atoms with Crippen molar-refractivity contribution in [3.05, 3.63) is 71.0 Å². The molecule has 26 heavy (non-hydrogen) atoms. The van der Waals surface area contributed by atoms with Crippen LogP contribution in [0.4, 0.5) is 0 Å². The molecule has 1 aliphatic heterocycles. The van der Waals surface area contributed by atoms with Crippen LogP contribution in [0.3, 0.4) is 0 Å². The lowest BCUT2D eigenvalue weighted by Gasteiger charge is -2.32. The standard InChI is InChI=1S/C20H20N4O2/c25-19-5-9-21-14-24(19)13-15-6-10-23(11-7-15)20(26)17-3-4-18-16(12-17)2-1-8-22-18/h1-5,8-9,12,14-15H,6-7,10-11,13H2. The van der Waals surface area contributed by atoms with E-state index in [4.69, 9.17) is 0 Å². The van der Waals surface area contributed by atoms with E-state index in [1.54, 1.807) is 17.1 Å². The summed E-state index contributed by atoms with van der Waals surface area (Å²) in [5.74, 6) is 0.453. The summed E-state index contributed by atoms with van der Waals surface area (Å²) in [6.07, 6.45) is 6.63. The van der Waals surface area contributed by atoms with Crippen LogP contribution in [0, 0.1) is 5.92 Å². The second kappa shape index (κ2) is 7.07. The van der Waals surface area contributed by atoms with Crippen LogP contribution < -0.4 is 5.56 Å². The topological polar surface area (TPSA) is 68.1 Å². The fraction of sp³-hybridized carbons (Fsp3) is 0.300. The van der Waals surface area contributed by atoms with Gasteiger partial charge in [-0.15, -0.1) is 0 Å². The first kappa shape index (κ1) is 16.4. The average molecular weight is 348 g/mol. The van der Waals surface area contributed by atoms with Crippen LogP contribution in [0.15, 0.2) is 59.9 Å². The highest BCUT2D eigenvalue weighted by atomic mass is 16.2. The molecule has 0 spiro atoms. The Balaban J connectivity index is 1.41. The Kier molecular flexibility index (Phi) is 4.48. The number of benzene rings is 1. The fourth-order valence-corrected chi connectivity index (χ4v) is 3.50. The van der Waals surface area contributed by atoms with E-state index in [0.29, 0.717) is 31.1 Å². The van der Waals surface area contributed by atoms with E-state index in [9.17, 15) is 9.59 Å². The molecule has 6 heteroatoms. The number of carbonyl (C=O) groups is 1. The van der Waals surface area contributed by atoms with Crippen LogP contribution in [0.2, 0.25) is 0 Å². The molecule has 1 saturated heterocycles. The van der Waals surface area contributed by atoms with Crippen molar-refractivity contribution < 1.29 is 4.79 Å². The van der Waals surface area contributed by atoms with Crippen LogP contribution in [-0.2, 0) is 6.54 Å². The van der Waals surface area contributed by atoms with E-state index in [2.05, 4.69) is 9.97 Å². The first-order chi connectivity index (χ1) is 12.7. The highest BCUT2D eigenvalue weighted by molar-refractivity contribution is 5.97. The second-order valence-electron chi connectivity index (χ2n) is 6.72. The molecule has 0 radical (unpaired) electrons. The molecule has 0 unspecified atom stereocenters. The molecule has 2 aromatic heterocycles. The van der Waals surface area contributed by atoms with Crippen molar-refractivity contribution in [3.63, 3.8) is 0 Å². The van der Waals surface area contributed by atoms with Crippen molar-refractivity contribution >= 4 is 16.8 Å². The molecule has 1 fully saturated rings. The molecular weight excluding hydrogens is 328 g/mol. The van der Waals surface area contributed by atoms with E-state index in [-0.39, 0.29) is 11.5 Å². The molecule has 0 atom stereocenters. The number of pyridine rings is 1. The van der Waals surface area contributed by atoms with Gasteiger partial charge in [0, 0.05) is 49.0 Å². The number of hydrogen-bond acceptors (Lipinski definition) is 4. The smallest absolute Gasteiger partial charge is 0.253 e. The molecule has 1 aromatic carbocycles. The summed E-state index contributed by atoms with van der Waals surface area (Å²) >= 11 is 0. The Labute approximate surface area is 151 Å². The Morgan fingerprint density at radius 2 is 1.96 bits per heavy atom. The summed E-state index contributed by atoms with van der Waals surface area (Å²) in [7, 11) is 0. The number of rotatable bonds is 3. The zero-order valence-electron chi connectivity index (χ0n) is 14.4. The molecule has 3 heterocycles. The Morgan fingerprint density at radius 1 is 1.12 bits per heavy atom. The molecular formula is C20H20N4O2. The average Bonchev–Trinajstić information content (AvgIpc) is 2.69. The summed E-state index contributed by atoms with van der Waals surface area (Å²) in [5, 5.41) is 0.976. The summed E-state index contributed by atoms with van der Waals surface area (Å²) in [6, 6.07) is 11.0. The number of aromatic nitrogens is 3. The van der Waals surface area contributed by atoms with Gasteiger partial charge in [-0.05, 0) is 43.0 Å². The number of carbonyl (C=O) groups excluding carboxylic acids is 1. The minimum Gasteiger partial charge on any atom is -0.339 e. The third-order valence-corrected chi connectivity index (χ3v) is 5.00. The molecule has 6 nitrogen and oxygen atoms in total. The van der Waals surface area contributed by atoms with Gasteiger partial charge in [-0.2, -0.15) is 0 Å². The molecule has 4 rings (SSSR count). The van der Waals surface area contributed by atoms with Crippen molar-refractivity contribution in [1.29, 1.82) is 0 Å². The maximum atomic E-state index is 12.8. The zero-order valence-corrected chi connectivity index (χ0v) is 14.4. The largest absolute Gasteiger partial charge is 0.339 e. The molecule has 0 saturated carbocycles. The predicted molar refractivity (Wildman–Crippen MR) is 98.9 cm³/mol. The van der Waals surface area contributed by atoms with Gasteiger partial charge in [-0.25, -0.2) is 4.98 Å². The van der Waals surface area contributed by atoms with Crippen LogP contribution in [0.25, 0.3) is 10.9 Å². The molecule has 0 bridgehead atoms. The number of piperidine rings is 1. The first-order valence-electron chi connectivity index (χ1n) is 8.85. The number of hydrogen-bond donors (Lipinski definition) is 0. The molecule has 3 aromatic rings. The van der Waals surface area contributed by atoms with Crippen LogP contribution in [0.5, 0.6) is 0 Å². The Bertz CT molecular complexity index is 990. The van der Waals surface area contributed by atoms with Crippen molar-refractivity contribution in [2.75, 3.05) is 13.1 Å². The van der Waals surface area contributed by atoms with Crippen molar-refractivity contribution in [2.24, 2.45) is 5.92 Å². The van der Waals surface area contributed by atoms with E-state index in [0.717, 1.165) is 23.7 Å². The molecule has 1 amide bonds. The maximum absolute atomic E-state index is 12.8.